The van der Waals surface area contributed by atoms with Crippen LogP contribution in [0.5, 0.6) is 11.5 Å². The lowest BCUT2D eigenvalue weighted by Gasteiger charge is -2.07. The van der Waals surface area contributed by atoms with Crippen molar-refractivity contribution in [3.8, 4) is 11.5 Å². The van der Waals surface area contributed by atoms with Crippen LogP contribution in [0, 0.1) is 0 Å². The topological polar surface area (TPSA) is 73.3 Å². The van der Waals surface area contributed by atoms with E-state index in [0.29, 0.717) is 11.6 Å². The molecule has 0 amide bonds. The number of hydrogen-bond donors (Lipinski definition) is 1. The molecule has 2 heterocycles. The Hall–Kier alpha value is -2.58. The number of rotatable bonds is 6. The standard InChI is InChI=1S/C19H17N3O3S2/c1-12-11-16(17(23)24-12)26-19-22-21-18(27-19)20-13-7-9-15(10-8-13)25-14-5-3-2-4-6-14/h2-10,12,16H,11H2,1H3,(H,20,21)/t12-,16-/m0/s1. The number of aromatic nitrogens is 2. The van der Waals surface area contributed by atoms with Gasteiger partial charge in [0.25, 0.3) is 0 Å². The van der Waals surface area contributed by atoms with Crippen LogP contribution in [0.1, 0.15) is 13.3 Å². The molecule has 4 rings (SSSR count). The molecule has 1 saturated heterocycles. The number of ether oxygens (including phenoxy) is 2. The van der Waals surface area contributed by atoms with Crippen LogP contribution >= 0.6 is 23.1 Å². The highest BCUT2D eigenvalue weighted by molar-refractivity contribution is 8.02. The summed E-state index contributed by atoms with van der Waals surface area (Å²) in [7, 11) is 0. The summed E-state index contributed by atoms with van der Waals surface area (Å²) in [5.74, 6) is 1.38. The van der Waals surface area contributed by atoms with Crippen LogP contribution in [-0.4, -0.2) is 27.5 Å². The van der Waals surface area contributed by atoms with Gasteiger partial charge in [-0.1, -0.05) is 41.3 Å². The summed E-state index contributed by atoms with van der Waals surface area (Å²) in [6, 6.07) is 17.3. The lowest BCUT2D eigenvalue weighted by Crippen LogP contribution is -2.08. The van der Waals surface area contributed by atoms with Crippen molar-refractivity contribution in [3.63, 3.8) is 0 Å². The Morgan fingerprint density at radius 1 is 1.11 bits per heavy atom. The average molecular weight is 399 g/mol. The first-order valence-electron chi connectivity index (χ1n) is 8.46. The maximum absolute atomic E-state index is 11.7. The molecular formula is C19H17N3O3S2. The minimum atomic E-state index is -0.199. The number of hydrogen-bond acceptors (Lipinski definition) is 8. The van der Waals surface area contributed by atoms with Crippen molar-refractivity contribution in [2.75, 3.05) is 5.32 Å². The van der Waals surface area contributed by atoms with Crippen LogP contribution in [0.3, 0.4) is 0 Å². The van der Waals surface area contributed by atoms with Gasteiger partial charge in [0.05, 0.1) is 0 Å². The fraction of sp³-hybridized carbons (Fsp3) is 0.211. The number of carbonyl (C=O) groups excluding carboxylic acids is 1. The Labute approximate surface area is 164 Å². The summed E-state index contributed by atoms with van der Waals surface area (Å²) in [6.45, 7) is 1.90. The maximum Gasteiger partial charge on any atom is 0.319 e. The van der Waals surface area contributed by atoms with Crippen LogP contribution < -0.4 is 10.1 Å². The molecule has 0 unspecified atom stereocenters. The van der Waals surface area contributed by atoms with Gasteiger partial charge in [-0.2, -0.15) is 0 Å². The van der Waals surface area contributed by atoms with Crippen molar-refractivity contribution < 1.29 is 14.3 Å². The van der Waals surface area contributed by atoms with Gasteiger partial charge in [0, 0.05) is 12.1 Å². The van der Waals surface area contributed by atoms with E-state index in [0.717, 1.165) is 21.5 Å². The lowest BCUT2D eigenvalue weighted by molar-refractivity contribution is -0.140. The van der Waals surface area contributed by atoms with Crippen LogP contribution in [0.4, 0.5) is 10.8 Å². The molecule has 8 heteroatoms. The molecule has 0 saturated carbocycles. The Balaban J connectivity index is 1.35. The summed E-state index contributed by atoms with van der Waals surface area (Å²) in [5.41, 5.74) is 0.886. The van der Waals surface area contributed by atoms with Gasteiger partial charge in [0.2, 0.25) is 5.13 Å². The number of anilines is 2. The normalized spacial score (nSPS) is 18.9. The van der Waals surface area contributed by atoms with Gasteiger partial charge in [-0.15, -0.1) is 10.2 Å². The second-order valence-electron chi connectivity index (χ2n) is 6.03. The lowest BCUT2D eigenvalue weighted by atomic mass is 10.3. The molecular weight excluding hydrogens is 382 g/mol. The van der Waals surface area contributed by atoms with Crippen LogP contribution in [-0.2, 0) is 9.53 Å². The molecule has 1 aliphatic heterocycles. The Morgan fingerprint density at radius 2 is 1.85 bits per heavy atom. The monoisotopic (exact) mass is 399 g/mol. The van der Waals surface area contributed by atoms with E-state index in [1.165, 1.54) is 23.1 Å². The van der Waals surface area contributed by atoms with E-state index < -0.39 is 0 Å². The van der Waals surface area contributed by atoms with Crippen molar-refractivity contribution in [2.24, 2.45) is 0 Å². The second kappa shape index (κ2) is 7.98. The van der Waals surface area contributed by atoms with Crippen LogP contribution in [0.25, 0.3) is 0 Å². The average Bonchev–Trinajstić information content (AvgIpc) is 3.23. The Kier molecular flexibility index (Phi) is 5.26. The molecule has 2 aromatic carbocycles. The predicted octanol–water partition coefficient (Wildman–Crippen LogP) is 4.87. The van der Waals surface area contributed by atoms with E-state index in [1.54, 1.807) is 0 Å². The number of carbonyl (C=O) groups is 1. The number of nitrogens with one attached hydrogen (secondary N) is 1. The summed E-state index contributed by atoms with van der Waals surface area (Å²) in [6.07, 6.45) is 0.673. The molecule has 27 heavy (non-hydrogen) atoms. The summed E-state index contributed by atoms with van der Waals surface area (Å²) in [4.78, 5) is 11.7. The molecule has 0 aliphatic carbocycles. The molecule has 0 spiro atoms. The number of esters is 1. The van der Waals surface area contributed by atoms with Gasteiger partial charge in [0.1, 0.15) is 22.9 Å². The van der Waals surface area contributed by atoms with E-state index in [4.69, 9.17) is 9.47 Å². The van der Waals surface area contributed by atoms with E-state index in [-0.39, 0.29) is 17.3 Å². The van der Waals surface area contributed by atoms with Crippen molar-refractivity contribution >= 4 is 39.9 Å². The zero-order chi connectivity index (χ0) is 18.6. The molecule has 2 atom stereocenters. The zero-order valence-electron chi connectivity index (χ0n) is 14.5. The molecule has 1 fully saturated rings. The van der Waals surface area contributed by atoms with Crippen molar-refractivity contribution in [2.45, 2.75) is 29.0 Å². The highest BCUT2D eigenvalue weighted by atomic mass is 32.2. The quantitative estimate of drug-likeness (QED) is 0.593. The third-order valence-corrected chi connectivity index (χ3v) is 5.98. The summed E-state index contributed by atoms with van der Waals surface area (Å²) >= 11 is 2.82. The van der Waals surface area contributed by atoms with Crippen molar-refractivity contribution in [1.29, 1.82) is 0 Å². The number of para-hydroxylation sites is 1. The predicted molar refractivity (Wildman–Crippen MR) is 106 cm³/mol. The maximum atomic E-state index is 11.7. The van der Waals surface area contributed by atoms with E-state index in [2.05, 4.69) is 15.5 Å². The van der Waals surface area contributed by atoms with E-state index in [9.17, 15) is 4.79 Å². The summed E-state index contributed by atoms with van der Waals surface area (Å²) in [5, 5.41) is 12.0. The molecule has 1 N–H and O–H groups in total. The number of benzene rings is 2. The molecule has 0 radical (unpaired) electrons. The van der Waals surface area contributed by atoms with Gasteiger partial charge >= 0.3 is 5.97 Å². The van der Waals surface area contributed by atoms with Gasteiger partial charge in [-0.05, 0) is 43.3 Å². The minimum absolute atomic E-state index is 0.0304. The molecule has 0 bridgehead atoms. The van der Waals surface area contributed by atoms with Gasteiger partial charge in [0.15, 0.2) is 4.34 Å². The van der Waals surface area contributed by atoms with Crippen LogP contribution in [0.15, 0.2) is 58.9 Å². The Bertz CT molecular complexity index is 915. The van der Waals surface area contributed by atoms with Gasteiger partial charge in [-0.25, -0.2) is 0 Å². The summed E-state index contributed by atoms with van der Waals surface area (Å²) < 4.78 is 11.7. The number of nitrogens with zero attached hydrogens (tertiary/aromatic N) is 2. The first-order valence-corrected chi connectivity index (χ1v) is 10.2. The number of cyclic esters (lactones) is 1. The third-order valence-electron chi connectivity index (χ3n) is 3.86. The zero-order valence-corrected chi connectivity index (χ0v) is 16.1. The third kappa shape index (κ3) is 4.58. The fourth-order valence-corrected chi connectivity index (χ4v) is 4.73. The molecule has 3 aromatic rings. The van der Waals surface area contributed by atoms with Crippen LogP contribution in [0.2, 0.25) is 0 Å². The van der Waals surface area contributed by atoms with Gasteiger partial charge in [-0.3, -0.25) is 4.79 Å². The molecule has 1 aliphatic rings. The van der Waals surface area contributed by atoms with Crippen molar-refractivity contribution in [1.82, 2.24) is 10.2 Å². The second-order valence-corrected chi connectivity index (χ2v) is 8.45. The minimum Gasteiger partial charge on any atom is -0.462 e. The molecule has 6 nitrogen and oxygen atoms in total. The highest BCUT2D eigenvalue weighted by Crippen LogP contribution is 2.35. The Morgan fingerprint density at radius 3 is 2.56 bits per heavy atom. The van der Waals surface area contributed by atoms with E-state index in [1.807, 2.05) is 61.5 Å². The SMILES string of the molecule is C[C@H]1C[C@H](Sc2nnc(Nc3ccc(Oc4ccccc4)cc3)s2)C(=O)O1. The first-order chi connectivity index (χ1) is 13.2. The number of thioether (sulfide) groups is 1. The highest BCUT2D eigenvalue weighted by Gasteiger charge is 2.33. The smallest absolute Gasteiger partial charge is 0.319 e. The van der Waals surface area contributed by atoms with Crippen molar-refractivity contribution in [3.05, 3.63) is 54.6 Å². The van der Waals surface area contributed by atoms with E-state index >= 15 is 0 Å². The molecule has 138 valence electrons. The van der Waals surface area contributed by atoms with Gasteiger partial charge < -0.3 is 14.8 Å². The molecule has 1 aromatic heterocycles. The largest absolute Gasteiger partial charge is 0.462 e. The first kappa shape index (κ1) is 17.8. The fourth-order valence-electron chi connectivity index (χ4n) is 2.60.